The van der Waals surface area contributed by atoms with Crippen molar-refractivity contribution < 1.29 is 14.1 Å². The number of aliphatic imine (C=N–C) groups is 2. The van der Waals surface area contributed by atoms with Gasteiger partial charge < -0.3 is 4.74 Å². The minimum atomic E-state index is -0.627. The summed E-state index contributed by atoms with van der Waals surface area (Å²) in [7, 11) is 0. The predicted molar refractivity (Wildman–Crippen MR) is 113 cm³/mol. The van der Waals surface area contributed by atoms with Gasteiger partial charge in [0.25, 0.3) is 5.84 Å². The fourth-order valence-electron chi connectivity index (χ4n) is 3.29. The van der Waals surface area contributed by atoms with E-state index in [-0.39, 0.29) is 4.59 Å². The van der Waals surface area contributed by atoms with E-state index < -0.39 is 11.7 Å². The highest BCUT2D eigenvalue weighted by Gasteiger charge is 2.46. The van der Waals surface area contributed by atoms with E-state index in [0.717, 1.165) is 21.6 Å². The minimum absolute atomic E-state index is 0.140. The molecule has 4 rings (SSSR count). The van der Waals surface area contributed by atoms with Crippen molar-refractivity contribution in [1.82, 2.24) is 4.57 Å². The summed E-state index contributed by atoms with van der Waals surface area (Å²) in [4.78, 5) is 22.1. The summed E-state index contributed by atoms with van der Waals surface area (Å²) in [5, 5.41) is 1.68. The first-order chi connectivity index (χ1) is 13.2. The van der Waals surface area contributed by atoms with Crippen LogP contribution in [0.25, 0.3) is 10.9 Å². The topological polar surface area (TPSA) is 82.0 Å². The van der Waals surface area contributed by atoms with E-state index in [2.05, 4.69) is 4.99 Å². The quantitative estimate of drug-likeness (QED) is 0.615. The molecule has 1 aromatic heterocycles. The van der Waals surface area contributed by atoms with Crippen molar-refractivity contribution in [1.29, 1.82) is 0 Å². The van der Waals surface area contributed by atoms with Gasteiger partial charge in [-0.05, 0) is 39.2 Å². The summed E-state index contributed by atoms with van der Waals surface area (Å²) >= 11 is 1.49. The zero-order valence-electron chi connectivity index (χ0n) is 16.2. The molecular weight excluding hydrogens is 374 g/mol. The zero-order chi connectivity index (χ0) is 20.1. The van der Waals surface area contributed by atoms with Crippen LogP contribution < -0.4 is 5.84 Å². The van der Waals surface area contributed by atoms with Gasteiger partial charge in [0.05, 0.1) is 17.9 Å². The van der Waals surface area contributed by atoms with Gasteiger partial charge in [-0.15, -0.1) is 16.4 Å². The molecule has 0 saturated heterocycles. The molecule has 0 bridgehead atoms. The van der Waals surface area contributed by atoms with Gasteiger partial charge in [0.15, 0.2) is 5.03 Å². The first kappa shape index (κ1) is 18.7. The van der Waals surface area contributed by atoms with Gasteiger partial charge in [0.1, 0.15) is 17.5 Å². The Morgan fingerprint density at radius 1 is 1.29 bits per heavy atom. The maximum Gasteiger partial charge on any atom is 0.419 e. The van der Waals surface area contributed by atoms with Gasteiger partial charge in [-0.2, -0.15) is 10.8 Å². The van der Waals surface area contributed by atoms with Crippen LogP contribution in [0, 0.1) is 0 Å². The number of carbonyl (C=O) groups is 1. The van der Waals surface area contributed by atoms with Gasteiger partial charge in [0.2, 0.25) is 5.70 Å². The minimum Gasteiger partial charge on any atom is -0.443 e. The lowest BCUT2D eigenvalue weighted by molar-refractivity contribution is -0.750. The lowest BCUT2D eigenvalue weighted by Crippen LogP contribution is -2.53. The molecule has 3 heterocycles. The number of ether oxygens (including phenoxy) is 1. The van der Waals surface area contributed by atoms with Gasteiger partial charge in [-0.25, -0.2) is 9.36 Å². The van der Waals surface area contributed by atoms with E-state index in [0.29, 0.717) is 11.5 Å². The summed E-state index contributed by atoms with van der Waals surface area (Å²) in [6.07, 6.45) is 6.58. The largest absolute Gasteiger partial charge is 0.443 e. The Morgan fingerprint density at radius 3 is 2.75 bits per heavy atom. The van der Waals surface area contributed by atoms with Crippen LogP contribution in [-0.4, -0.2) is 39.2 Å². The fourth-order valence-corrected chi connectivity index (χ4v) is 3.88. The number of hydrogen-bond acceptors (Lipinski definition) is 6. The molecule has 0 spiro atoms. The standard InChI is InChI=1S/C20H22N5O2S/c1-20(2,3)27-19(26)24-14-8-6-5-7-13(14)11-15(24)17-23-18(28-4)16-12-22-9-10-25(16,17)21/h5-12H,21H2,1-4H3/q+1. The van der Waals surface area contributed by atoms with E-state index >= 15 is 0 Å². The zero-order valence-corrected chi connectivity index (χ0v) is 17.0. The van der Waals surface area contributed by atoms with Crippen LogP contribution in [0.3, 0.4) is 0 Å². The molecule has 28 heavy (non-hydrogen) atoms. The number of rotatable bonds is 2. The predicted octanol–water partition coefficient (Wildman–Crippen LogP) is 3.96. The molecule has 0 radical (unpaired) electrons. The van der Waals surface area contributed by atoms with Crippen LogP contribution in [0.4, 0.5) is 4.79 Å². The van der Waals surface area contributed by atoms with Crippen molar-refractivity contribution in [2.75, 3.05) is 6.26 Å². The Morgan fingerprint density at radius 2 is 2.04 bits per heavy atom. The lowest BCUT2D eigenvalue weighted by atomic mass is 10.2. The molecule has 0 fully saturated rings. The molecule has 0 amide bonds. The number of quaternary nitrogens is 1. The van der Waals surface area contributed by atoms with Gasteiger partial charge in [-0.3, -0.25) is 4.99 Å². The summed E-state index contributed by atoms with van der Waals surface area (Å²) in [6, 6.07) is 9.58. The average Bonchev–Trinajstić information content (AvgIpc) is 3.14. The van der Waals surface area contributed by atoms with Crippen LogP contribution >= 0.6 is 11.8 Å². The molecule has 0 saturated carbocycles. The molecule has 1 atom stereocenters. The van der Waals surface area contributed by atoms with Crippen LogP contribution in [0.2, 0.25) is 0 Å². The Labute approximate surface area is 167 Å². The molecule has 1 unspecified atom stereocenters. The van der Waals surface area contributed by atoms with E-state index in [4.69, 9.17) is 15.6 Å². The molecule has 0 aliphatic carbocycles. The van der Waals surface area contributed by atoms with Crippen molar-refractivity contribution in [2.45, 2.75) is 26.4 Å². The van der Waals surface area contributed by atoms with Crippen molar-refractivity contribution in [3.63, 3.8) is 0 Å². The summed E-state index contributed by atoms with van der Waals surface area (Å²) in [6.45, 7) is 5.53. The SMILES string of the molecule is CSC1=C2C=NC=C[N+]2(N)C(c2cc3ccccc3n2C(=O)OC(C)(C)C)=N1. The summed E-state index contributed by atoms with van der Waals surface area (Å²) in [5.74, 6) is 7.26. The Kier molecular flexibility index (Phi) is 4.29. The normalized spacial score (nSPS) is 21.2. The Hall–Kier alpha value is -2.68. The van der Waals surface area contributed by atoms with Crippen LogP contribution in [0.15, 0.2) is 63.4 Å². The monoisotopic (exact) mass is 396 g/mol. The van der Waals surface area contributed by atoms with Gasteiger partial charge >= 0.3 is 6.09 Å². The van der Waals surface area contributed by atoms with E-state index in [1.807, 2.05) is 57.4 Å². The second kappa shape index (κ2) is 6.44. The Balaban J connectivity index is 1.93. The Bertz CT molecular complexity index is 1100. The molecule has 2 aliphatic heterocycles. The van der Waals surface area contributed by atoms with E-state index in [9.17, 15) is 4.79 Å². The number of nitrogens with zero attached hydrogens (tertiary/aromatic N) is 4. The molecule has 2 N–H and O–H groups in total. The third kappa shape index (κ3) is 2.90. The van der Waals surface area contributed by atoms with Crippen molar-refractivity contribution in [2.24, 2.45) is 15.8 Å². The molecule has 2 aromatic rings. The molecule has 2 aliphatic rings. The first-order valence-electron chi connectivity index (χ1n) is 8.85. The third-order valence-electron chi connectivity index (χ3n) is 4.47. The van der Waals surface area contributed by atoms with Crippen LogP contribution in [0.1, 0.15) is 26.5 Å². The number of carbonyl (C=O) groups excluding carboxylic acids is 1. The number of amidine groups is 1. The molecule has 7 nitrogen and oxygen atoms in total. The fraction of sp³-hybridized carbons (Fsp3) is 0.250. The maximum atomic E-state index is 13.1. The summed E-state index contributed by atoms with van der Waals surface area (Å²) < 4.78 is 7.08. The number of fused-ring (bicyclic) bond motifs is 2. The maximum absolute atomic E-state index is 13.1. The van der Waals surface area contributed by atoms with Crippen molar-refractivity contribution >= 4 is 40.8 Å². The number of thioether (sulfide) groups is 1. The number of benzene rings is 1. The highest BCUT2D eigenvalue weighted by Crippen LogP contribution is 2.36. The number of nitrogens with two attached hydrogens (primary N) is 1. The second-order valence-electron chi connectivity index (χ2n) is 7.59. The van der Waals surface area contributed by atoms with Crippen molar-refractivity contribution in [3.8, 4) is 0 Å². The molecular formula is C20H22N5O2S+. The van der Waals surface area contributed by atoms with Gasteiger partial charge in [0, 0.05) is 5.39 Å². The van der Waals surface area contributed by atoms with Crippen molar-refractivity contribution in [3.05, 3.63) is 59.2 Å². The van der Waals surface area contributed by atoms with E-state index in [1.165, 1.54) is 11.8 Å². The molecule has 1 aromatic carbocycles. The number of para-hydroxylation sites is 1. The second-order valence-corrected chi connectivity index (χ2v) is 8.38. The highest BCUT2D eigenvalue weighted by atomic mass is 32.2. The number of allylic oxidation sites excluding steroid dienone is 1. The summed E-state index contributed by atoms with van der Waals surface area (Å²) in [5.41, 5.74) is 1.48. The lowest BCUT2D eigenvalue weighted by Gasteiger charge is -2.27. The van der Waals surface area contributed by atoms with Crippen LogP contribution in [0.5, 0.6) is 0 Å². The molecule has 8 heteroatoms. The average molecular weight is 396 g/mol. The molecule has 144 valence electrons. The van der Waals surface area contributed by atoms with Crippen LogP contribution in [-0.2, 0) is 4.74 Å². The highest BCUT2D eigenvalue weighted by molar-refractivity contribution is 8.02. The smallest absolute Gasteiger partial charge is 0.419 e. The third-order valence-corrected chi connectivity index (χ3v) is 5.16. The first-order valence-corrected chi connectivity index (χ1v) is 10.1. The van der Waals surface area contributed by atoms with Gasteiger partial charge in [-0.1, -0.05) is 18.2 Å². The number of aromatic nitrogens is 1. The van der Waals surface area contributed by atoms with E-state index in [1.54, 1.807) is 23.2 Å². The number of hydrogen-bond donors (Lipinski definition) is 1.